The van der Waals surface area contributed by atoms with Gasteiger partial charge in [0.2, 0.25) is 0 Å². The molecule has 0 bridgehead atoms. The van der Waals surface area contributed by atoms with Crippen molar-refractivity contribution in [3.05, 3.63) is 47.3 Å². The molecule has 0 N–H and O–H groups in total. The molecule has 17 heavy (non-hydrogen) atoms. The molecule has 3 aromatic rings. The number of imidazole rings is 1. The average molecular weight is 291 g/mol. The highest BCUT2D eigenvalue weighted by molar-refractivity contribution is 9.10. The van der Waals surface area contributed by atoms with E-state index in [1.807, 2.05) is 30.1 Å². The van der Waals surface area contributed by atoms with Crippen LogP contribution < -0.4 is 0 Å². The first kappa shape index (κ1) is 10.5. The lowest BCUT2D eigenvalue weighted by Crippen LogP contribution is -2.04. The lowest BCUT2D eigenvalue weighted by Gasteiger charge is -2.05. The molecule has 0 fully saturated rings. The van der Waals surface area contributed by atoms with Gasteiger partial charge in [0.25, 0.3) is 0 Å². The summed E-state index contributed by atoms with van der Waals surface area (Å²) < 4.78 is 5.08. The molecule has 0 saturated carbocycles. The predicted octanol–water partition coefficient (Wildman–Crippen LogP) is 2.58. The van der Waals surface area contributed by atoms with Gasteiger partial charge < -0.3 is 9.13 Å². The fourth-order valence-corrected chi connectivity index (χ4v) is 2.38. The Morgan fingerprint density at radius 2 is 2.06 bits per heavy atom. The molecule has 0 aliphatic rings. The van der Waals surface area contributed by atoms with Gasteiger partial charge in [-0.05, 0) is 28.1 Å². The zero-order valence-corrected chi connectivity index (χ0v) is 10.9. The van der Waals surface area contributed by atoms with Gasteiger partial charge in [0.1, 0.15) is 10.4 Å². The number of halogens is 1. The Balaban J connectivity index is 2.07. The molecule has 0 radical (unpaired) electrons. The average Bonchev–Trinajstić information content (AvgIpc) is 2.89. The van der Waals surface area contributed by atoms with Crippen molar-refractivity contribution in [2.75, 3.05) is 0 Å². The molecule has 3 heterocycles. The van der Waals surface area contributed by atoms with Gasteiger partial charge in [-0.15, -0.1) is 0 Å². The van der Waals surface area contributed by atoms with Crippen molar-refractivity contribution in [3.8, 4) is 0 Å². The summed E-state index contributed by atoms with van der Waals surface area (Å²) in [6.07, 6.45) is 7.64. The van der Waals surface area contributed by atoms with E-state index in [2.05, 4.69) is 42.7 Å². The van der Waals surface area contributed by atoms with Crippen molar-refractivity contribution in [1.82, 2.24) is 19.1 Å². The summed E-state index contributed by atoms with van der Waals surface area (Å²) in [6, 6.07) is 4.08. The Bertz CT molecular complexity index is 668. The molecular weight excluding hydrogens is 280 g/mol. The summed E-state index contributed by atoms with van der Waals surface area (Å²) in [5, 5.41) is 1.13. The van der Waals surface area contributed by atoms with Gasteiger partial charge in [-0.1, -0.05) is 0 Å². The Morgan fingerprint density at radius 3 is 2.82 bits per heavy atom. The number of fused-ring (bicyclic) bond motifs is 1. The van der Waals surface area contributed by atoms with Gasteiger partial charge >= 0.3 is 0 Å². The van der Waals surface area contributed by atoms with Crippen LogP contribution in [-0.4, -0.2) is 19.1 Å². The fraction of sp³-hybridized carbons (Fsp3) is 0.167. The number of pyridine rings is 1. The first-order valence-corrected chi connectivity index (χ1v) is 6.10. The van der Waals surface area contributed by atoms with Crippen LogP contribution in [0.2, 0.25) is 0 Å². The van der Waals surface area contributed by atoms with Gasteiger partial charge in [0.15, 0.2) is 0 Å². The monoisotopic (exact) mass is 290 g/mol. The van der Waals surface area contributed by atoms with Crippen molar-refractivity contribution in [1.29, 1.82) is 0 Å². The molecule has 0 saturated heterocycles. The minimum atomic E-state index is 0.767. The van der Waals surface area contributed by atoms with Crippen molar-refractivity contribution in [2.24, 2.45) is 7.05 Å². The number of aryl methyl sites for hydroxylation is 1. The van der Waals surface area contributed by atoms with Gasteiger partial charge in [-0.2, -0.15) is 0 Å². The minimum Gasteiger partial charge on any atom is -0.340 e. The van der Waals surface area contributed by atoms with E-state index >= 15 is 0 Å². The normalized spacial score (nSPS) is 11.2. The zero-order valence-electron chi connectivity index (χ0n) is 9.34. The molecule has 0 aliphatic heterocycles. The Morgan fingerprint density at radius 1 is 1.18 bits per heavy atom. The fourth-order valence-electron chi connectivity index (χ4n) is 1.93. The third kappa shape index (κ3) is 1.76. The molecule has 5 heteroatoms. The largest absolute Gasteiger partial charge is 0.340 e. The van der Waals surface area contributed by atoms with E-state index in [0.29, 0.717) is 0 Å². The second-order valence-corrected chi connectivity index (χ2v) is 4.68. The third-order valence-corrected chi connectivity index (χ3v) is 3.51. The highest BCUT2D eigenvalue weighted by atomic mass is 79.9. The first-order valence-electron chi connectivity index (χ1n) is 5.31. The highest BCUT2D eigenvalue weighted by Crippen LogP contribution is 2.22. The quantitative estimate of drug-likeness (QED) is 0.680. The Hall–Kier alpha value is -1.62. The SMILES string of the molecule is Cn1ccnc1Cn1ccc2c(Br)nccc21. The molecule has 0 atom stereocenters. The summed E-state index contributed by atoms with van der Waals surface area (Å²) in [6.45, 7) is 0.767. The van der Waals surface area contributed by atoms with E-state index in [1.165, 1.54) is 0 Å². The molecular formula is C12H11BrN4. The van der Waals surface area contributed by atoms with E-state index in [1.54, 1.807) is 6.20 Å². The van der Waals surface area contributed by atoms with Crippen LogP contribution in [0.4, 0.5) is 0 Å². The van der Waals surface area contributed by atoms with Crippen LogP contribution in [0.15, 0.2) is 41.5 Å². The highest BCUT2D eigenvalue weighted by Gasteiger charge is 2.06. The van der Waals surface area contributed by atoms with Gasteiger partial charge in [0, 0.05) is 37.2 Å². The van der Waals surface area contributed by atoms with Crippen LogP contribution in [0.25, 0.3) is 10.9 Å². The molecule has 3 aromatic heterocycles. The topological polar surface area (TPSA) is 35.6 Å². The van der Waals surface area contributed by atoms with E-state index < -0.39 is 0 Å². The number of hydrogen-bond donors (Lipinski definition) is 0. The second-order valence-electron chi connectivity index (χ2n) is 3.93. The van der Waals surface area contributed by atoms with Crippen LogP contribution >= 0.6 is 15.9 Å². The molecule has 3 rings (SSSR count). The molecule has 0 aromatic carbocycles. The molecule has 0 unspecified atom stereocenters. The van der Waals surface area contributed by atoms with Crippen molar-refractivity contribution >= 4 is 26.8 Å². The summed E-state index contributed by atoms with van der Waals surface area (Å²) >= 11 is 3.46. The van der Waals surface area contributed by atoms with Crippen LogP contribution in [0.5, 0.6) is 0 Å². The second kappa shape index (κ2) is 4.00. The van der Waals surface area contributed by atoms with Gasteiger partial charge in [-0.25, -0.2) is 9.97 Å². The summed E-state index contributed by atoms with van der Waals surface area (Å²) in [5.74, 6) is 1.04. The molecule has 0 spiro atoms. The Labute approximate surface area is 107 Å². The van der Waals surface area contributed by atoms with E-state index in [4.69, 9.17) is 0 Å². The smallest absolute Gasteiger partial charge is 0.128 e. The maximum absolute atomic E-state index is 4.33. The number of rotatable bonds is 2. The maximum Gasteiger partial charge on any atom is 0.128 e. The van der Waals surface area contributed by atoms with Crippen molar-refractivity contribution < 1.29 is 0 Å². The van der Waals surface area contributed by atoms with Gasteiger partial charge in [-0.3, -0.25) is 0 Å². The lowest BCUT2D eigenvalue weighted by molar-refractivity contribution is 0.718. The predicted molar refractivity (Wildman–Crippen MR) is 69.7 cm³/mol. The number of hydrogen-bond acceptors (Lipinski definition) is 2. The third-order valence-electron chi connectivity index (χ3n) is 2.88. The molecule has 0 amide bonds. The standard InChI is InChI=1S/C12H11BrN4/c1-16-7-5-14-11(16)8-17-6-3-9-10(17)2-4-15-12(9)13/h2-7H,8H2,1H3. The maximum atomic E-state index is 4.33. The minimum absolute atomic E-state index is 0.767. The Kier molecular flexibility index (Phi) is 2.48. The van der Waals surface area contributed by atoms with Crippen LogP contribution in [0.3, 0.4) is 0 Å². The van der Waals surface area contributed by atoms with E-state index in [9.17, 15) is 0 Å². The van der Waals surface area contributed by atoms with Crippen molar-refractivity contribution in [3.63, 3.8) is 0 Å². The summed E-state index contributed by atoms with van der Waals surface area (Å²) in [5.41, 5.74) is 1.16. The molecule has 0 aliphatic carbocycles. The van der Waals surface area contributed by atoms with E-state index in [-0.39, 0.29) is 0 Å². The van der Waals surface area contributed by atoms with Crippen LogP contribution in [-0.2, 0) is 13.6 Å². The lowest BCUT2D eigenvalue weighted by atomic mass is 10.3. The van der Waals surface area contributed by atoms with E-state index in [0.717, 1.165) is 27.9 Å². The molecule has 4 nitrogen and oxygen atoms in total. The number of nitrogens with zero attached hydrogens (tertiary/aromatic N) is 4. The van der Waals surface area contributed by atoms with Crippen molar-refractivity contribution in [2.45, 2.75) is 6.54 Å². The summed E-state index contributed by atoms with van der Waals surface area (Å²) in [7, 11) is 2.01. The first-order chi connectivity index (χ1) is 8.25. The summed E-state index contributed by atoms with van der Waals surface area (Å²) in [4.78, 5) is 8.55. The zero-order chi connectivity index (χ0) is 11.8. The molecule has 86 valence electrons. The van der Waals surface area contributed by atoms with Crippen LogP contribution in [0.1, 0.15) is 5.82 Å². The van der Waals surface area contributed by atoms with Crippen LogP contribution in [0, 0.1) is 0 Å². The number of aromatic nitrogens is 4. The van der Waals surface area contributed by atoms with Gasteiger partial charge in [0.05, 0.1) is 12.1 Å².